The fourth-order valence-electron chi connectivity index (χ4n) is 1.57. The van der Waals surface area contributed by atoms with Crippen molar-refractivity contribution in [3.05, 3.63) is 45.1 Å². The Balaban J connectivity index is 2.33. The SMILES string of the molecule is COc1cc(Cl)cc(C(=O)O)c1OCc1cccs1. The van der Waals surface area contributed by atoms with Gasteiger partial charge >= 0.3 is 5.97 Å². The van der Waals surface area contributed by atoms with Gasteiger partial charge < -0.3 is 14.6 Å². The van der Waals surface area contributed by atoms with Gasteiger partial charge in [0.15, 0.2) is 11.5 Å². The first-order valence-electron chi connectivity index (χ1n) is 5.38. The molecular weight excluding hydrogens is 288 g/mol. The van der Waals surface area contributed by atoms with Crippen LogP contribution in [0.2, 0.25) is 5.02 Å². The van der Waals surface area contributed by atoms with Crippen molar-refractivity contribution in [3.8, 4) is 11.5 Å². The quantitative estimate of drug-likeness (QED) is 0.914. The average Bonchev–Trinajstić information content (AvgIpc) is 2.89. The maximum absolute atomic E-state index is 11.2. The molecule has 0 spiro atoms. The highest BCUT2D eigenvalue weighted by Gasteiger charge is 2.18. The number of rotatable bonds is 5. The average molecular weight is 299 g/mol. The second-order valence-corrected chi connectivity index (χ2v) is 5.13. The Kier molecular flexibility index (Phi) is 4.29. The zero-order valence-corrected chi connectivity index (χ0v) is 11.6. The van der Waals surface area contributed by atoms with E-state index in [0.717, 1.165) is 4.88 Å². The van der Waals surface area contributed by atoms with E-state index < -0.39 is 5.97 Å². The molecule has 0 unspecified atom stereocenters. The molecule has 0 amide bonds. The number of methoxy groups -OCH3 is 1. The Labute approximate surface area is 119 Å². The van der Waals surface area contributed by atoms with Crippen molar-refractivity contribution in [2.24, 2.45) is 0 Å². The van der Waals surface area contributed by atoms with Gasteiger partial charge in [0.05, 0.1) is 7.11 Å². The Morgan fingerprint density at radius 3 is 2.84 bits per heavy atom. The van der Waals surface area contributed by atoms with Gasteiger partial charge in [0, 0.05) is 16.0 Å². The highest BCUT2D eigenvalue weighted by Crippen LogP contribution is 2.35. The number of carboxylic acid groups (broad SMARTS) is 1. The third-order valence-corrected chi connectivity index (χ3v) is 3.48. The van der Waals surface area contributed by atoms with Crippen LogP contribution in [0, 0.1) is 0 Å². The summed E-state index contributed by atoms with van der Waals surface area (Å²) in [6.45, 7) is 0.288. The van der Waals surface area contributed by atoms with E-state index in [4.69, 9.17) is 21.1 Å². The first-order valence-corrected chi connectivity index (χ1v) is 6.63. The van der Waals surface area contributed by atoms with Crippen molar-refractivity contribution < 1.29 is 19.4 Å². The fraction of sp³-hybridized carbons (Fsp3) is 0.154. The van der Waals surface area contributed by atoms with Crippen LogP contribution in [0.15, 0.2) is 29.6 Å². The minimum absolute atomic E-state index is 0.0130. The molecule has 19 heavy (non-hydrogen) atoms. The van der Waals surface area contributed by atoms with Crippen molar-refractivity contribution in [1.82, 2.24) is 0 Å². The Morgan fingerprint density at radius 1 is 1.47 bits per heavy atom. The van der Waals surface area contributed by atoms with Crippen molar-refractivity contribution in [1.29, 1.82) is 0 Å². The summed E-state index contributed by atoms with van der Waals surface area (Å²) in [5.74, 6) is -0.615. The van der Waals surface area contributed by atoms with E-state index >= 15 is 0 Å². The van der Waals surface area contributed by atoms with Crippen LogP contribution < -0.4 is 9.47 Å². The summed E-state index contributed by atoms with van der Waals surface area (Å²) >= 11 is 7.38. The highest BCUT2D eigenvalue weighted by atomic mass is 35.5. The predicted molar refractivity (Wildman–Crippen MR) is 73.6 cm³/mol. The smallest absolute Gasteiger partial charge is 0.339 e. The maximum Gasteiger partial charge on any atom is 0.339 e. The number of thiophene rings is 1. The summed E-state index contributed by atoms with van der Waals surface area (Å²) in [5.41, 5.74) is -0.0130. The molecular formula is C13H11ClO4S. The summed E-state index contributed by atoms with van der Waals surface area (Å²) in [6, 6.07) is 6.68. The lowest BCUT2D eigenvalue weighted by atomic mass is 10.2. The molecule has 0 saturated carbocycles. The first-order chi connectivity index (χ1) is 9.11. The summed E-state index contributed by atoms with van der Waals surface area (Å²) in [4.78, 5) is 12.2. The van der Waals surface area contributed by atoms with E-state index in [1.807, 2.05) is 17.5 Å². The topological polar surface area (TPSA) is 55.8 Å². The van der Waals surface area contributed by atoms with Gasteiger partial charge in [-0.15, -0.1) is 11.3 Å². The van der Waals surface area contributed by atoms with Crippen molar-refractivity contribution in [3.63, 3.8) is 0 Å². The van der Waals surface area contributed by atoms with Crippen molar-refractivity contribution in [2.45, 2.75) is 6.61 Å². The molecule has 6 heteroatoms. The molecule has 100 valence electrons. The van der Waals surface area contributed by atoms with E-state index in [2.05, 4.69) is 0 Å². The van der Waals surface area contributed by atoms with Gasteiger partial charge in [-0.25, -0.2) is 4.79 Å². The predicted octanol–water partition coefficient (Wildman–Crippen LogP) is 3.69. The summed E-state index contributed by atoms with van der Waals surface area (Å²) in [5, 5.41) is 11.4. The van der Waals surface area contributed by atoms with Crippen LogP contribution in [0.25, 0.3) is 0 Å². The summed E-state index contributed by atoms with van der Waals surface area (Å²) in [7, 11) is 1.44. The molecule has 0 radical (unpaired) electrons. The summed E-state index contributed by atoms with van der Waals surface area (Å²) < 4.78 is 10.7. The molecule has 1 aromatic carbocycles. The van der Waals surface area contributed by atoms with Gasteiger partial charge in [0.2, 0.25) is 0 Å². The Morgan fingerprint density at radius 2 is 2.26 bits per heavy atom. The van der Waals surface area contributed by atoms with E-state index in [-0.39, 0.29) is 22.9 Å². The molecule has 0 atom stereocenters. The standard InChI is InChI=1S/C13H11ClO4S/c1-17-11-6-8(14)5-10(13(15)16)12(11)18-7-9-3-2-4-19-9/h2-6H,7H2,1H3,(H,15,16). The monoisotopic (exact) mass is 298 g/mol. The largest absolute Gasteiger partial charge is 0.493 e. The highest BCUT2D eigenvalue weighted by molar-refractivity contribution is 7.09. The van der Waals surface area contributed by atoms with E-state index in [1.54, 1.807) is 0 Å². The van der Waals surface area contributed by atoms with Gasteiger partial charge in [-0.05, 0) is 17.5 Å². The second-order valence-electron chi connectivity index (χ2n) is 3.66. The molecule has 0 aliphatic heterocycles. The van der Waals surface area contributed by atoms with Crippen molar-refractivity contribution in [2.75, 3.05) is 7.11 Å². The van der Waals surface area contributed by atoms with Crippen LogP contribution in [0.1, 0.15) is 15.2 Å². The minimum Gasteiger partial charge on any atom is -0.493 e. The van der Waals surface area contributed by atoms with Crippen LogP contribution in [0.4, 0.5) is 0 Å². The lowest BCUT2D eigenvalue weighted by Crippen LogP contribution is -2.05. The van der Waals surface area contributed by atoms with Crippen LogP contribution in [0.5, 0.6) is 11.5 Å². The number of halogens is 1. The lowest BCUT2D eigenvalue weighted by molar-refractivity contribution is 0.0691. The third-order valence-electron chi connectivity index (χ3n) is 2.41. The van der Waals surface area contributed by atoms with E-state index in [9.17, 15) is 9.90 Å². The van der Waals surface area contributed by atoms with Gasteiger partial charge in [0.1, 0.15) is 12.2 Å². The van der Waals surface area contributed by atoms with Gasteiger partial charge in [-0.2, -0.15) is 0 Å². The Hall–Kier alpha value is -1.72. The molecule has 1 heterocycles. The van der Waals surface area contributed by atoms with Crippen LogP contribution >= 0.6 is 22.9 Å². The summed E-state index contributed by atoms with van der Waals surface area (Å²) in [6.07, 6.45) is 0. The first kappa shape index (κ1) is 13.7. The number of hydrogen-bond acceptors (Lipinski definition) is 4. The van der Waals surface area contributed by atoms with Gasteiger partial charge in [0.25, 0.3) is 0 Å². The normalized spacial score (nSPS) is 10.2. The molecule has 0 aliphatic carbocycles. The molecule has 4 nitrogen and oxygen atoms in total. The second kappa shape index (κ2) is 5.95. The number of benzene rings is 1. The molecule has 2 aromatic rings. The molecule has 0 aliphatic rings. The van der Waals surface area contributed by atoms with Crippen LogP contribution in [0.3, 0.4) is 0 Å². The van der Waals surface area contributed by atoms with Crippen molar-refractivity contribution >= 4 is 28.9 Å². The number of hydrogen-bond donors (Lipinski definition) is 1. The molecule has 1 aromatic heterocycles. The zero-order chi connectivity index (χ0) is 13.8. The zero-order valence-electron chi connectivity index (χ0n) is 10.1. The maximum atomic E-state index is 11.2. The van der Waals surface area contributed by atoms with Crippen LogP contribution in [-0.2, 0) is 6.61 Å². The molecule has 0 saturated heterocycles. The Bertz CT molecular complexity index is 581. The van der Waals surface area contributed by atoms with Gasteiger partial charge in [-0.3, -0.25) is 0 Å². The molecule has 0 bridgehead atoms. The number of carbonyl (C=O) groups is 1. The molecule has 1 N–H and O–H groups in total. The molecule has 2 rings (SSSR count). The van der Waals surface area contributed by atoms with Gasteiger partial charge in [-0.1, -0.05) is 17.7 Å². The van der Waals surface area contributed by atoms with E-state index in [0.29, 0.717) is 5.75 Å². The van der Waals surface area contributed by atoms with Crippen LogP contribution in [-0.4, -0.2) is 18.2 Å². The third kappa shape index (κ3) is 3.19. The number of ether oxygens (including phenoxy) is 2. The van der Waals surface area contributed by atoms with E-state index in [1.165, 1.54) is 30.6 Å². The fourth-order valence-corrected chi connectivity index (χ4v) is 2.39. The number of carboxylic acids is 1. The lowest BCUT2D eigenvalue weighted by Gasteiger charge is -2.13. The molecule has 0 fully saturated rings. The number of aromatic carboxylic acids is 1. The minimum atomic E-state index is -1.11.